The molecule has 2 heterocycles. The maximum Gasteiger partial charge on any atom is 0.132 e. The third-order valence-electron chi connectivity index (χ3n) is 14.4. The van der Waals surface area contributed by atoms with E-state index < -0.39 is 5.41 Å². The third kappa shape index (κ3) is 5.60. The number of ether oxygens (including phenoxy) is 1. The first-order chi connectivity index (χ1) is 33.7. The van der Waals surface area contributed by atoms with Gasteiger partial charge in [-0.2, -0.15) is 0 Å². The van der Waals surface area contributed by atoms with Crippen LogP contribution in [0.5, 0.6) is 11.5 Å². The molecule has 318 valence electrons. The Kier molecular flexibility index (Phi) is 8.50. The van der Waals surface area contributed by atoms with Crippen molar-refractivity contribution in [2.24, 2.45) is 0 Å². The molecule has 1 aliphatic heterocycles. The molecule has 1 spiro atoms. The Bertz CT molecular complexity index is 3880. The number of fused-ring (bicyclic) bond motifs is 14. The number of hydrogen-bond acceptors (Lipinski definition) is 2. The van der Waals surface area contributed by atoms with E-state index >= 15 is 0 Å². The summed E-state index contributed by atoms with van der Waals surface area (Å²) < 4.78 is 9.12. The van der Waals surface area contributed by atoms with Gasteiger partial charge in [-0.15, -0.1) is 0 Å². The number of rotatable bonds is 6. The molecule has 3 heteroatoms. The van der Waals surface area contributed by atoms with E-state index in [1.807, 2.05) is 0 Å². The van der Waals surface area contributed by atoms with Crippen LogP contribution in [0.2, 0.25) is 0 Å². The number of para-hydroxylation sites is 4. The van der Waals surface area contributed by atoms with E-state index in [1.54, 1.807) is 0 Å². The van der Waals surface area contributed by atoms with E-state index in [1.165, 1.54) is 77.1 Å². The molecule has 14 rings (SSSR count). The second-order valence-corrected chi connectivity index (χ2v) is 18.0. The van der Waals surface area contributed by atoms with E-state index in [4.69, 9.17) is 4.74 Å². The van der Waals surface area contributed by atoms with Crippen molar-refractivity contribution in [1.29, 1.82) is 0 Å². The van der Waals surface area contributed by atoms with Crippen molar-refractivity contribution in [3.8, 4) is 50.6 Å². The van der Waals surface area contributed by atoms with Crippen LogP contribution in [-0.4, -0.2) is 4.57 Å². The molecular weight excluding hydrogens is 825 g/mol. The van der Waals surface area contributed by atoms with Crippen LogP contribution < -0.4 is 9.64 Å². The zero-order valence-corrected chi connectivity index (χ0v) is 37.1. The highest BCUT2D eigenvalue weighted by molar-refractivity contribution is 6.16. The second kappa shape index (κ2) is 15.1. The maximum absolute atomic E-state index is 6.73. The number of aromatic nitrogens is 1. The molecule has 12 aromatic rings. The standard InChI is InChI=1S/C65H42N2O/c1-3-16-43(17-4-1)44-30-36-49(37-31-44)66(59-26-15-27-60-63(59)54-22-9-12-25-58(54)67(60)48-19-5-2-6-20-48)50-38-32-45(33-39-50)47-35-40-52-53-41-34-46-18-7-8-21-51(46)64(53)65(57(52)42-47)55-23-10-13-28-61(55)68-62-29-14-11-24-56(62)65/h1-42H. The van der Waals surface area contributed by atoms with Gasteiger partial charge in [-0.05, 0) is 128 Å². The molecule has 0 amide bonds. The van der Waals surface area contributed by atoms with Gasteiger partial charge < -0.3 is 14.2 Å². The van der Waals surface area contributed by atoms with Crippen LogP contribution in [0.4, 0.5) is 17.1 Å². The Hall–Kier alpha value is -8.92. The summed E-state index contributed by atoms with van der Waals surface area (Å²) in [6.45, 7) is 0. The summed E-state index contributed by atoms with van der Waals surface area (Å²) in [6.07, 6.45) is 0. The summed E-state index contributed by atoms with van der Waals surface area (Å²) in [5.74, 6) is 1.79. The highest BCUT2D eigenvalue weighted by Gasteiger charge is 2.52. The average Bonchev–Trinajstić information content (AvgIpc) is 3.91. The Labute approximate surface area is 395 Å². The molecule has 3 nitrogen and oxygen atoms in total. The Balaban J connectivity index is 0.953. The van der Waals surface area contributed by atoms with Gasteiger partial charge in [0.1, 0.15) is 11.5 Å². The van der Waals surface area contributed by atoms with Gasteiger partial charge in [0.15, 0.2) is 0 Å². The molecule has 1 aliphatic carbocycles. The largest absolute Gasteiger partial charge is 0.457 e. The number of anilines is 3. The molecular formula is C65H42N2O. The van der Waals surface area contributed by atoms with Gasteiger partial charge in [0.05, 0.1) is 22.1 Å². The van der Waals surface area contributed by atoms with Crippen molar-refractivity contribution in [2.75, 3.05) is 4.90 Å². The van der Waals surface area contributed by atoms with Crippen LogP contribution in [0.3, 0.4) is 0 Å². The monoisotopic (exact) mass is 866 g/mol. The topological polar surface area (TPSA) is 17.4 Å². The minimum Gasteiger partial charge on any atom is -0.457 e. The lowest BCUT2D eigenvalue weighted by molar-refractivity contribution is 0.437. The van der Waals surface area contributed by atoms with Crippen LogP contribution in [0.15, 0.2) is 255 Å². The zero-order chi connectivity index (χ0) is 44.8. The van der Waals surface area contributed by atoms with Crippen molar-refractivity contribution in [3.05, 3.63) is 277 Å². The summed E-state index contributed by atoms with van der Waals surface area (Å²) in [5, 5.41) is 4.91. The first-order valence-corrected chi connectivity index (χ1v) is 23.4. The fourth-order valence-corrected chi connectivity index (χ4v) is 11.6. The molecule has 0 saturated carbocycles. The van der Waals surface area contributed by atoms with Crippen LogP contribution in [0, 0.1) is 0 Å². The molecule has 68 heavy (non-hydrogen) atoms. The van der Waals surface area contributed by atoms with Gasteiger partial charge in [-0.25, -0.2) is 0 Å². The normalized spacial score (nSPS) is 12.9. The molecule has 0 atom stereocenters. The predicted molar refractivity (Wildman–Crippen MR) is 281 cm³/mol. The Morgan fingerprint density at radius 3 is 1.63 bits per heavy atom. The fraction of sp³-hybridized carbons (Fsp3) is 0.0154. The van der Waals surface area contributed by atoms with E-state index in [0.29, 0.717) is 0 Å². The molecule has 0 radical (unpaired) electrons. The van der Waals surface area contributed by atoms with Gasteiger partial charge >= 0.3 is 0 Å². The smallest absolute Gasteiger partial charge is 0.132 e. The van der Waals surface area contributed by atoms with E-state index in [2.05, 4.69) is 264 Å². The first kappa shape index (κ1) is 38.4. The van der Waals surface area contributed by atoms with Gasteiger partial charge in [-0.1, -0.05) is 182 Å². The van der Waals surface area contributed by atoms with Crippen LogP contribution in [0.1, 0.15) is 22.3 Å². The average molecular weight is 867 g/mol. The minimum absolute atomic E-state index is 0.590. The summed E-state index contributed by atoms with van der Waals surface area (Å²) >= 11 is 0. The lowest BCUT2D eigenvalue weighted by Gasteiger charge is -2.40. The quantitative estimate of drug-likeness (QED) is 0.166. The van der Waals surface area contributed by atoms with Gasteiger partial charge in [0, 0.05) is 39.0 Å². The van der Waals surface area contributed by atoms with Crippen LogP contribution in [0.25, 0.3) is 71.6 Å². The Morgan fingerprint density at radius 1 is 0.368 bits per heavy atom. The summed E-state index contributed by atoms with van der Waals surface area (Å²) in [4.78, 5) is 2.43. The SMILES string of the molecule is c1ccc(-c2ccc(N(c3ccc(-c4ccc5c(c4)C4(c6ccccc6Oc6ccccc64)c4c-5ccc5ccccc45)cc3)c3cccc4c3c3ccccc3n4-c3ccccc3)cc2)cc1. The van der Waals surface area contributed by atoms with Gasteiger partial charge in [0.2, 0.25) is 0 Å². The molecule has 1 aromatic heterocycles. The summed E-state index contributed by atoms with van der Waals surface area (Å²) in [7, 11) is 0. The van der Waals surface area contributed by atoms with Gasteiger partial charge in [0.25, 0.3) is 0 Å². The van der Waals surface area contributed by atoms with Crippen LogP contribution >= 0.6 is 0 Å². The molecule has 0 N–H and O–H groups in total. The van der Waals surface area contributed by atoms with Gasteiger partial charge in [-0.3, -0.25) is 0 Å². The molecule has 0 saturated heterocycles. The highest BCUT2D eigenvalue weighted by Crippen LogP contribution is 2.63. The van der Waals surface area contributed by atoms with E-state index in [9.17, 15) is 0 Å². The Morgan fingerprint density at radius 2 is 0.912 bits per heavy atom. The fourth-order valence-electron chi connectivity index (χ4n) is 11.6. The van der Waals surface area contributed by atoms with Crippen molar-refractivity contribution in [3.63, 3.8) is 0 Å². The second-order valence-electron chi connectivity index (χ2n) is 18.0. The van der Waals surface area contributed by atoms with Crippen molar-refractivity contribution < 1.29 is 4.74 Å². The molecule has 0 unspecified atom stereocenters. The van der Waals surface area contributed by atoms with E-state index in [0.717, 1.165) is 45.3 Å². The minimum atomic E-state index is -0.590. The summed E-state index contributed by atoms with van der Waals surface area (Å²) in [5.41, 5.74) is 18.3. The lowest BCUT2D eigenvalue weighted by atomic mass is 9.65. The van der Waals surface area contributed by atoms with Crippen molar-refractivity contribution in [1.82, 2.24) is 4.57 Å². The predicted octanol–water partition coefficient (Wildman–Crippen LogP) is 17.2. The van der Waals surface area contributed by atoms with E-state index in [-0.39, 0.29) is 0 Å². The molecule has 0 fully saturated rings. The molecule has 0 bridgehead atoms. The van der Waals surface area contributed by atoms with Crippen LogP contribution in [-0.2, 0) is 5.41 Å². The zero-order valence-electron chi connectivity index (χ0n) is 37.1. The lowest BCUT2D eigenvalue weighted by Crippen LogP contribution is -2.32. The van der Waals surface area contributed by atoms with Crippen molar-refractivity contribution >= 4 is 49.6 Å². The number of benzene rings is 11. The first-order valence-electron chi connectivity index (χ1n) is 23.4. The molecule has 2 aliphatic rings. The number of nitrogens with zero attached hydrogens (tertiary/aromatic N) is 2. The van der Waals surface area contributed by atoms with Crippen molar-refractivity contribution in [2.45, 2.75) is 5.41 Å². The third-order valence-corrected chi connectivity index (χ3v) is 14.4. The summed E-state index contributed by atoms with van der Waals surface area (Å²) in [6, 6.07) is 92.9. The maximum atomic E-state index is 6.73. The number of hydrogen-bond donors (Lipinski definition) is 0. The molecule has 11 aromatic carbocycles. The highest BCUT2D eigenvalue weighted by atomic mass is 16.5.